The van der Waals surface area contributed by atoms with E-state index in [1.807, 2.05) is 74.8 Å². The number of thiazole rings is 1. The highest BCUT2D eigenvalue weighted by atomic mass is 32.1. The lowest BCUT2D eigenvalue weighted by Gasteiger charge is -2.21. The molecule has 2 aromatic heterocycles. The van der Waals surface area contributed by atoms with Gasteiger partial charge in [0.15, 0.2) is 5.01 Å². The Bertz CT molecular complexity index is 1380. The van der Waals surface area contributed by atoms with Crippen molar-refractivity contribution in [2.75, 3.05) is 7.11 Å². The fourth-order valence-corrected chi connectivity index (χ4v) is 4.12. The van der Waals surface area contributed by atoms with Crippen LogP contribution in [-0.4, -0.2) is 34.8 Å². The Kier molecular flexibility index (Phi) is 7.33. The van der Waals surface area contributed by atoms with Gasteiger partial charge in [-0.2, -0.15) is 0 Å². The lowest BCUT2D eigenvalue weighted by atomic mass is 10.1. The SMILES string of the molecule is COc1ccc(C[C@@H](C#Cc2nc(-c3ccc4cnccc4c3)cs2)NC(=O)OC(C)(C)C)cc1. The first-order chi connectivity index (χ1) is 16.8. The number of carbonyl (C=O) groups excluding carboxylic acids is 1. The zero-order chi connectivity index (χ0) is 24.8. The lowest BCUT2D eigenvalue weighted by Crippen LogP contribution is -2.39. The van der Waals surface area contributed by atoms with E-state index in [-0.39, 0.29) is 0 Å². The average Bonchev–Trinajstić information content (AvgIpc) is 3.30. The minimum Gasteiger partial charge on any atom is -0.497 e. The lowest BCUT2D eigenvalue weighted by molar-refractivity contribution is 0.0516. The molecular formula is C28H27N3O3S. The number of fused-ring (bicyclic) bond motifs is 1. The molecule has 0 aliphatic rings. The van der Waals surface area contributed by atoms with Gasteiger partial charge in [0.05, 0.1) is 18.8 Å². The third-order valence-corrected chi connectivity index (χ3v) is 5.84. The number of ether oxygens (including phenoxy) is 2. The van der Waals surface area contributed by atoms with Crippen LogP contribution in [0.15, 0.2) is 66.3 Å². The third-order valence-electron chi connectivity index (χ3n) is 5.08. The van der Waals surface area contributed by atoms with E-state index in [0.29, 0.717) is 11.4 Å². The van der Waals surface area contributed by atoms with Gasteiger partial charge in [0.2, 0.25) is 0 Å². The molecule has 178 valence electrons. The summed E-state index contributed by atoms with van der Waals surface area (Å²) in [4.78, 5) is 21.3. The number of hydrogen-bond donors (Lipinski definition) is 1. The maximum absolute atomic E-state index is 12.4. The van der Waals surface area contributed by atoms with Gasteiger partial charge < -0.3 is 14.8 Å². The second kappa shape index (κ2) is 10.6. The zero-order valence-corrected chi connectivity index (χ0v) is 21.0. The Morgan fingerprint density at radius 2 is 1.91 bits per heavy atom. The van der Waals surface area contributed by atoms with Crippen LogP contribution in [0.2, 0.25) is 0 Å². The number of aromatic nitrogens is 2. The Balaban J connectivity index is 1.54. The van der Waals surface area contributed by atoms with Crippen molar-refractivity contribution < 1.29 is 14.3 Å². The zero-order valence-electron chi connectivity index (χ0n) is 20.2. The molecule has 35 heavy (non-hydrogen) atoms. The maximum Gasteiger partial charge on any atom is 0.408 e. The summed E-state index contributed by atoms with van der Waals surface area (Å²) < 4.78 is 10.7. The normalized spacial score (nSPS) is 11.9. The van der Waals surface area contributed by atoms with Gasteiger partial charge in [-0.25, -0.2) is 9.78 Å². The van der Waals surface area contributed by atoms with Gasteiger partial charge in [-0.1, -0.05) is 30.2 Å². The van der Waals surface area contributed by atoms with E-state index in [1.165, 1.54) is 11.3 Å². The molecule has 6 nitrogen and oxygen atoms in total. The Morgan fingerprint density at radius 1 is 1.11 bits per heavy atom. The highest BCUT2D eigenvalue weighted by molar-refractivity contribution is 7.10. The summed E-state index contributed by atoms with van der Waals surface area (Å²) in [6.45, 7) is 5.49. The number of hydrogen-bond acceptors (Lipinski definition) is 6. The molecule has 0 saturated carbocycles. The van der Waals surface area contributed by atoms with E-state index >= 15 is 0 Å². The Labute approximate surface area is 209 Å². The summed E-state index contributed by atoms with van der Waals surface area (Å²) in [5, 5.41) is 7.75. The van der Waals surface area contributed by atoms with Gasteiger partial charge in [-0.3, -0.25) is 4.98 Å². The second-order valence-electron chi connectivity index (χ2n) is 9.00. The number of rotatable bonds is 5. The standard InChI is InChI=1S/C28H27N3O3S/c1-28(2,3)34-27(32)30-23(15-19-5-10-24(33-4)11-6-19)9-12-26-31-25(18-35-26)21-7-8-22-17-29-14-13-20(22)16-21/h5-8,10-11,13-14,16-18,23H,15H2,1-4H3,(H,30,32)/t23-/m1/s1. The predicted octanol–water partition coefficient (Wildman–Crippen LogP) is 5.85. The summed E-state index contributed by atoms with van der Waals surface area (Å²) in [7, 11) is 1.63. The number of methoxy groups -OCH3 is 1. The fraction of sp³-hybridized carbons (Fsp3) is 0.250. The topological polar surface area (TPSA) is 73.3 Å². The number of carbonyl (C=O) groups is 1. The molecular weight excluding hydrogens is 458 g/mol. The van der Waals surface area contributed by atoms with Crippen molar-refractivity contribution in [2.24, 2.45) is 0 Å². The van der Waals surface area contributed by atoms with E-state index in [4.69, 9.17) is 14.5 Å². The predicted molar refractivity (Wildman–Crippen MR) is 140 cm³/mol. The van der Waals surface area contributed by atoms with Crippen LogP contribution in [0.3, 0.4) is 0 Å². The van der Waals surface area contributed by atoms with Gasteiger partial charge in [0, 0.05) is 35.1 Å². The molecule has 0 aliphatic heterocycles. The van der Waals surface area contributed by atoms with Crippen LogP contribution in [0.4, 0.5) is 4.79 Å². The van der Waals surface area contributed by atoms with Crippen LogP contribution in [0.5, 0.6) is 5.75 Å². The summed E-state index contributed by atoms with van der Waals surface area (Å²) in [5.74, 6) is 7.08. The van der Waals surface area contributed by atoms with Crippen LogP contribution < -0.4 is 10.1 Å². The summed E-state index contributed by atoms with van der Waals surface area (Å²) in [6, 6.07) is 15.4. The molecule has 0 fully saturated rings. The van der Waals surface area contributed by atoms with E-state index in [0.717, 1.165) is 33.3 Å². The van der Waals surface area contributed by atoms with Crippen LogP contribution in [0, 0.1) is 11.8 Å². The number of pyridine rings is 1. The molecule has 0 saturated heterocycles. The minimum absolute atomic E-state index is 0.446. The van der Waals surface area contributed by atoms with Crippen LogP contribution in [-0.2, 0) is 11.2 Å². The first-order valence-corrected chi connectivity index (χ1v) is 12.1. The van der Waals surface area contributed by atoms with Crippen molar-refractivity contribution in [3.63, 3.8) is 0 Å². The fourth-order valence-electron chi connectivity index (χ4n) is 3.44. The molecule has 4 aromatic rings. The number of nitrogens with zero attached hydrogens (tertiary/aromatic N) is 2. The molecule has 1 atom stereocenters. The molecule has 0 unspecified atom stereocenters. The second-order valence-corrected chi connectivity index (χ2v) is 9.85. The largest absolute Gasteiger partial charge is 0.497 e. The van der Waals surface area contributed by atoms with Gasteiger partial charge in [0.25, 0.3) is 0 Å². The quantitative estimate of drug-likeness (QED) is 0.359. The van der Waals surface area contributed by atoms with Crippen molar-refractivity contribution in [1.82, 2.24) is 15.3 Å². The minimum atomic E-state index is -0.595. The van der Waals surface area contributed by atoms with Gasteiger partial charge >= 0.3 is 6.09 Å². The summed E-state index contributed by atoms with van der Waals surface area (Å²) >= 11 is 1.47. The molecule has 0 spiro atoms. The highest BCUT2D eigenvalue weighted by Crippen LogP contribution is 2.25. The molecule has 7 heteroatoms. The van der Waals surface area contributed by atoms with Crippen LogP contribution >= 0.6 is 11.3 Å². The molecule has 4 rings (SSSR count). The van der Waals surface area contributed by atoms with Crippen molar-refractivity contribution >= 4 is 28.2 Å². The monoisotopic (exact) mass is 485 g/mol. The smallest absolute Gasteiger partial charge is 0.408 e. The number of benzene rings is 2. The van der Waals surface area contributed by atoms with Crippen molar-refractivity contribution in [1.29, 1.82) is 0 Å². The summed E-state index contributed by atoms with van der Waals surface area (Å²) in [5.41, 5.74) is 2.31. The van der Waals surface area contributed by atoms with Gasteiger partial charge in [0.1, 0.15) is 11.4 Å². The summed E-state index contributed by atoms with van der Waals surface area (Å²) in [6.07, 6.45) is 3.64. The number of alkyl carbamates (subject to hydrolysis) is 1. The Morgan fingerprint density at radius 3 is 2.66 bits per heavy atom. The first-order valence-electron chi connectivity index (χ1n) is 11.2. The van der Waals surface area contributed by atoms with Crippen LogP contribution in [0.1, 0.15) is 31.3 Å². The molecule has 1 N–H and O–H groups in total. The number of nitrogens with one attached hydrogen (secondary N) is 1. The number of amides is 1. The molecule has 0 bridgehead atoms. The molecule has 2 aromatic carbocycles. The highest BCUT2D eigenvalue weighted by Gasteiger charge is 2.19. The third kappa shape index (κ3) is 6.81. The van der Waals surface area contributed by atoms with E-state index in [9.17, 15) is 4.79 Å². The molecule has 2 heterocycles. The molecule has 0 aliphatic carbocycles. The van der Waals surface area contributed by atoms with Gasteiger partial charge in [-0.05, 0) is 61.9 Å². The molecule has 1 amide bonds. The average molecular weight is 486 g/mol. The van der Waals surface area contributed by atoms with Gasteiger partial charge in [-0.15, -0.1) is 11.3 Å². The first kappa shape index (κ1) is 24.2. The van der Waals surface area contributed by atoms with E-state index in [1.54, 1.807) is 13.3 Å². The van der Waals surface area contributed by atoms with Crippen molar-refractivity contribution in [2.45, 2.75) is 38.8 Å². The van der Waals surface area contributed by atoms with Crippen molar-refractivity contribution in [3.8, 4) is 28.8 Å². The maximum atomic E-state index is 12.4. The molecule has 0 radical (unpaired) electrons. The van der Waals surface area contributed by atoms with Crippen molar-refractivity contribution in [3.05, 3.63) is 76.9 Å². The van der Waals surface area contributed by atoms with E-state index < -0.39 is 17.7 Å². The van der Waals surface area contributed by atoms with Crippen LogP contribution in [0.25, 0.3) is 22.0 Å². The van der Waals surface area contributed by atoms with E-state index in [2.05, 4.69) is 28.2 Å². The Hall–Kier alpha value is -3.89.